The number of rotatable bonds is 3. The van der Waals surface area contributed by atoms with Crippen LogP contribution in [0, 0.1) is 0 Å². The summed E-state index contributed by atoms with van der Waals surface area (Å²) in [7, 11) is 0. The summed E-state index contributed by atoms with van der Waals surface area (Å²) in [4.78, 5) is 23.8. The van der Waals surface area contributed by atoms with Gasteiger partial charge in [-0.3, -0.25) is 4.79 Å². The number of benzene rings is 1. The van der Waals surface area contributed by atoms with Gasteiger partial charge >= 0.3 is 6.09 Å². The molecule has 1 heterocycles. The zero-order valence-electron chi connectivity index (χ0n) is 11.5. The Labute approximate surface area is 118 Å². The summed E-state index contributed by atoms with van der Waals surface area (Å²) in [6, 6.07) is 9.46. The summed E-state index contributed by atoms with van der Waals surface area (Å²) in [5.41, 5.74) is 0.923. The first-order valence-electron chi connectivity index (χ1n) is 6.64. The molecule has 0 atom stereocenters. The lowest BCUT2D eigenvalue weighted by Crippen LogP contribution is -2.44. The van der Waals surface area contributed by atoms with Gasteiger partial charge in [-0.25, -0.2) is 14.8 Å². The fourth-order valence-corrected chi connectivity index (χ4v) is 2.05. The fourth-order valence-electron chi connectivity index (χ4n) is 2.05. The molecule has 1 fully saturated rings. The molecule has 5 heteroatoms. The summed E-state index contributed by atoms with van der Waals surface area (Å²) in [6.07, 6.45) is 3.39. The van der Waals surface area contributed by atoms with Gasteiger partial charge in [0.1, 0.15) is 6.61 Å². The molecule has 20 heavy (non-hydrogen) atoms. The van der Waals surface area contributed by atoms with Gasteiger partial charge in [0.05, 0.1) is 0 Å². The van der Waals surface area contributed by atoms with Gasteiger partial charge in [-0.2, -0.15) is 0 Å². The Morgan fingerprint density at radius 1 is 1.20 bits per heavy atom. The molecule has 0 N–H and O–H groups in total. The van der Waals surface area contributed by atoms with E-state index in [0.717, 1.165) is 12.0 Å². The van der Waals surface area contributed by atoms with E-state index in [-0.39, 0.29) is 12.5 Å². The van der Waals surface area contributed by atoms with Crippen molar-refractivity contribution in [2.75, 3.05) is 13.1 Å². The van der Waals surface area contributed by atoms with Gasteiger partial charge in [0.25, 0.3) is 5.91 Å². The Hall–Kier alpha value is -2.30. The van der Waals surface area contributed by atoms with Gasteiger partial charge in [-0.15, -0.1) is 0 Å². The van der Waals surface area contributed by atoms with Crippen molar-refractivity contribution in [2.24, 2.45) is 0 Å². The van der Waals surface area contributed by atoms with Crippen LogP contribution in [-0.2, 0) is 16.1 Å². The van der Waals surface area contributed by atoms with E-state index >= 15 is 0 Å². The van der Waals surface area contributed by atoms with Crippen LogP contribution in [0.15, 0.2) is 42.5 Å². The normalized spacial score (nSPS) is 14.8. The molecule has 106 valence electrons. The third-order valence-electron chi connectivity index (χ3n) is 3.01. The molecule has 0 aliphatic carbocycles. The van der Waals surface area contributed by atoms with Gasteiger partial charge in [-0.05, 0) is 18.9 Å². The van der Waals surface area contributed by atoms with Crippen molar-refractivity contribution >= 4 is 12.0 Å². The minimum Gasteiger partial charge on any atom is -0.443 e. The molecule has 1 aromatic carbocycles. The highest BCUT2D eigenvalue weighted by atomic mass is 16.6. The first-order valence-corrected chi connectivity index (χ1v) is 6.64. The number of amides is 2. The van der Waals surface area contributed by atoms with Crippen LogP contribution in [0.1, 0.15) is 18.9 Å². The molecular formula is C15H18N2O3. The smallest absolute Gasteiger partial charge is 0.429 e. The third-order valence-corrected chi connectivity index (χ3v) is 3.01. The van der Waals surface area contributed by atoms with E-state index in [0.29, 0.717) is 13.1 Å². The quantitative estimate of drug-likeness (QED) is 0.795. The molecule has 1 saturated heterocycles. The average molecular weight is 274 g/mol. The summed E-state index contributed by atoms with van der Waals surface area (Å²) >= 11 is 0. The minimum atomic E-state index is -0.482. The predicted molar refractivity (Wildman–Crippen MR) is 74.5 cm³/mol. The molecule has 0 saturated carbocycles. The zero-order valence-corrected chi connectivity index (χ0v) is 11.5. The minimum absolute atomic E-state index is 0.193. The van der Waals surface area contributed by atoms with E-state index in [1.165, 1.54) is 16.1 Å². The number of nitrogens with zero attached hydrogens (tertiary/aromatic N) is 2. The molecule has 0 bridgehead atoms. The first kappa shape index (κ1) is 14.1. The van der Waals surface area contributed by atoms with Crippen molar-refractivity contribution in [2.45, 2.75) is 20.0 Å². The third kappa shape index (κ3) is 3.38. The Morgan fingerprint density at radius 3 is 2.60 bits per heavy atom. The van der Waals surface area contributed by atoms with Crippen LogP contribution in [0.3, 0.4) is 0 Å². The Kier molecular flexibility index (Phi) is 4.76. The molecule has 0 aromatic heterocycles. The van der Waals surface area contributed by atoms with Gasteiger partial charge < -0.3 is 4.74 Å². The van der Waals surface area contributed by atoms with Crippen LogP contribution < -0.4 is 0 Å². The molecular weight excluding hydrogens is 256 g/mol. The van der Waals surface area contributed by atoms with Crippen molar-refractivity contribution in [3.8, 4) is 0 Å². The summed E-state index contributed by atoms with van der Waals surface area (Å²) < 4.78 is 5.24. The van der Waals surface area contributed by atoms with Crippen molar-refractivity contribution in [1.82, 2.24) is 10.0 Å². The van der Waals surface area contributed by atoms with Crippen molar-refractivity contribution in [3.05, 3.63) is 48.0 Å². The summed E-state index contributed by atoms with van der Waals surface area (Å²) in [5, 5.41) is 2.79. The topological polar surface area (TPSA) is 49.9 Å². The maximum atomic E-state index is 12.0. The van der Waals surface area contributed by atoms with Gasteiger partial charge in [0.15, 0.2) is 0 Å². The van der Waals surface area contributed by atoms with Crippen LogP contribution in [0.5, 0.6) is 0 Å². The first-order chi connectivity index (χ1) is 9.72. The van der Waals surface area contributed by atoms with E-state index in [9.17, 15) is 9.59 Å². The Bertz CT molecular complexity index is 499. The molecule has 1 aliphatic rings. The fraction of sp³-hybridized carbons (Fsp3) is 0.333. The van der Waals surface area contributed by atoms with E-state index in [4.69, 9.17) is 4.74 Å². The second kappa shape index (κ2) is 6.75. The SMILES string of the molecule is CC=CC(=O)N1CCCN1C(=O)OCc1ccccc1. The highest BCUT2D eigenvalue weighted by molar-refractivity contribution is 5.89. The lowest BCUT2D eigenvalue weighted by atomic mass is 10.2. The molecule has 0 spiro atoms. The van der Waals surface area contributed by atoms with E-state index in [1.54, 1.807) is 13.0 Å². The van der Waals surface area contributed by atoms with E-state index < -0.39 is 6.09 Å². The molecule has 0 unspecified atom stereocenters. The zero-order chi connectivity index (χ0) is 14.4. The number of carbonyl (C=O) groups excluding carboxylic acids is 2. The number of allylic oxidation sites excluding steroid dienone is 1. The summed E-state index contributed by atoms with van der Waals surface area (Å²) in [5.74, 6) is -0.193. The average Bonchev–Trinajstić information content (AvgIpc) is 2.96. The predicted octanol–water partition coefficient (Wildman–Crippen LogP) is 2.35. The number of carbonyl (C=O) groups is 2. The molecule has 5 nitrogen and oxygen atoms in total. The lowest BCUT2D eigenvalue weighted by molar-refractivity contribution is -0.136. The highest BCUT2D eigenvalue weighted by Gasteiger charge is 2.30. The van der Waals surface area contributed by atoms with Crippen LogP contribution >= 0.6 is 0 Å². The maximum absolute atomic E-state index is 12.0. The van der Waals surface area contributed by atoms with Gasteiger partial charge in [0.2, 0.25) is 0 Å². The standard InChI is InChI=1S/C15H18N2O3/c1-2-7-14(18)16-10-6-11-17(16)15(19)20-12-13-8-4-3-5-9-13/h2-5,7-9H,6,10-12H2,1H3. The number of hydrazine groups is 1. The van der Waals surface area contributed by atoms with Crippen LogP contribution in [0.4, 0.5) is 4.79 Å². The van der Waals surface area contributed by atoms with E-state index in [1.807, 2.05) is 30.3 Å². The maximum Gasteiger partial charge on any atom is 0.429 e. The highest BCUT2D eigenvalue weighted by Crippen LogP contribution is 2.13. The van der Waals surface area contributed by atoms with Gasteiger partial charge in [-0.1, -0.05) is 36.4 Å². The molecule has 2 amide bonds. The van der Waals surface area contributed by atoms with Crippen molar-refractivity contribution in [1.29, 1.82) is 0 Å². The Morgan fingerprint density at radius 2 is 1.90 bits per heavy atom. The lowest BCUT2D eigenvalue weighted by Gasteiger charge is -2.26. The van der Waals surface area contributed by atoms with Crippen molar-refractivity contribution < 1.29 is 14.3 Å². The number of hydrogen-bond acceptors (Lipinski definition) is 3. The molecule has 1 aliphatic heterocycles. The van der Waals surface area contributed by atoms with Crippen LogP contribution in [0.25, 0.3) is 0 Å². The Balaban J connectivity index is 1.93. The van der Waals surface area contributed by atoms with E-state index in [2.05, 4.69) is 0 Å². The number of ether oxygens (including phenoxy) is 1. The monoisotopic (exact) mass is 274 g/mol. The second-order valence-electron chi connectivity index (χ2n) is 4.48. The molecule has 1 aromatic rings. The second-order valence-corrected chi connectivity index (χ2v) is 4.48. The number of hydrogen-bond donors (Lipinski definition) is 0. The van der Waals surface area contributed by atoms with Crippen LogP contribution in [-0.4, -0.2) is 35.1 Å². The van der Waals surface area contributed by atoms with Crippen molar-refractivity contribution in [3.63, 3.8) is 0 Å². The molecule has 2 rings (SSSR count). The largest absolute Gasteiger partial charge is 0.443 e. The van der Waals surface area contributed by atoms with Gasteiger partial charge in [0, 0.05) is 19.2 Å². The molecule has 0 radical (unpaired) electrons. The summed E-state index contributed by atoms with van der Waals surface area (Å²) in [6.45, 7) is 3.04. The van der Waals surface area contributed by atoms with Crippen LogP contribution in [0.2, 0.25) is 0 Å².